The molecule has 2 N–H and O–H groups in total. The summed E-state index contributed by atoms with van der Waals surface area (Å²) >= 11 is 5.87. The molecular weight excluding hydrogens is 416 g/mol. The Labute approximate surface area is 173 Å². The van der Waals surface area contributed by atoms with Crippen molar-refractivity contribution in [2.45, 2.75) is 25.0 Å². The zero-order chi connectivity index (χ0) is 21.3. The fraction of sp³-hybridized carbons (Fsp3) is 0.263. The molecule has 0 aliphatic heterocycles. The number of aromatic nitrogens is 2. The molecule has 1 aromatic heterocycles. The smallest absolute Gasteiger partial charge is 0.338 e. The van der Waals surface area contributed by atoms with E-state index >= 15 is 0 Å². The van der Waals surface area contributed by atoms with Crippen molar-refractivity contribution in [3.63, 3.8) is 0 Å². The molecule has 0 aliphatic carbocycles. The van der Waals surface area contributed by atoms with Gasteiger partial charge in [-0.15, -0.1) is 0 Å². The van der Waals surface area contributed by atoms with Gasteiger partial charge in [0.2, 0.25) is 10.0 Å². The summed E-state index contributed by atoms with van der Waals surface area (Å²) in [5, 5.41) is 0.359. The second-order valence-corrected chi connectivity index (χ2v) is 9.08. The third-order valence-corrected chi connectivity index (χ3v) is 6.61. The highest BCUT2D eigenvalue weighted by molar-refractivity contribution is 7.89. The molecule has 0 aliphatic rings. The van der Waals surface area contributed by atoms with Crippen molar-refractivity contribution in [1.82, 2.24) is 13.9 Å². The Balaban J connectivity index is 1.89. The molecule has 0 saturated heterocycles. The van der Waals surface area contributed by atoms with Crippen LogP contribution in [-0.4, -0.2) is 42.3 Å². The Morgan fingerprint density at radius 3 is 2.59 bits per heavy atom. The van der Waals surface area contributed by atoms with Gasteiger partial charge in [-0.1, -0.05) is 11.6 Å². The Bertz CT molecular complexity index is 1190. The lowest BCUT2D eigenvalue weighted by Gasteiger charge is -2.11. The van der Waals surface area contributed by atoms with E-state index in [0.29, 0.717) is 22.9 Å². The number of anilines is 1. The van der Waals surface area contributed by atoms with Gasteiger partial charge in [-0.05, 0) is 43.3 Å². The molecular formula is C19H21ClN4O4S. The van der Waals surface area contributed by atoms with Crippen LogP contribution < -0.4 is 5.73 Å². The van der Waals surface area contributed by atoms with Crippen LogP contribution in [0.15, 0.2) is 41.3 Å². The molecule has 0 atom stereocenters. The first-order valence-corrected chi connectivity index (χ1v) is 10.6. The van der Waals surface area contributed by atoms with Crippen molar-refractivity contribution in [1.29, 1.82) is 0 Å². The highest BCUT2D eigenvalue weighted by atomic mass is 35.5. The summed E-state index contributed by atoms with van der Waals surface area (Å²) in [4.78, 5) is 16.9. The molecule has 0 amide bonds. The van der Waals surface area contributed by atoms with Crippen LogP contribution >= 0.6 is 11.6 Å². The van der Waals surface area contributed by atoms with E-state index in [1.54, 1.807) is 6.07 Å². The number of halogens is 1. The van der Waals surface area contributed by atoms with Crippen LogP contribution in [0.1, 0.15) is 23.1 Å². The Morgan fingerprint density at radius 1 is 1.24 bits per heavy atom. The minimum Gasteiger partial charge on any atom is -0.454 e. The van der Waals surface area contributed by atoms with Crippen LogP contribution in [-0.2, 0) is 27.9 Å². The normalized spacial score (nSPS) is 11.9. The molecule has 0 spiro atoms. The summed E-state index contributed by atoms with van der Waals surface area (Å²) in [6.07, 6.45) is 0. The minimum atomic E-state index is -3.57. The number of benzene rings is 2. The van der Waals surface area contributed by atoms with Crippen molar-refractivity contribution in [2.24, 2.45) is 0 Å². The maximum absolute atomic E-state index is 12.4. The van der Waals surface area contributed by atoms with Crippen molar-refractivity contribution in [3.05, 3.63) is 52.8 Å². The van der Waals surface area contributed by atoms with Gasteiger partial charge >= 0.3 is 5.97 Å². The second-order valence-electron chi connectivity index (χ2n) is 6.52. The minimum absolute atomic E-state index is 0.0698. The fourth-order valence-electron chi connectivity index (χ4n) is 2.88. The highest BCUT2D eigenvalue weighted by Crippen LogP contribution is 2.23. The van der Waals surface area contributed by atoms with Crippen LogP contribution in [0.4, 0.5) is 5.69 Å². The average Bonchev–Trinajstić information content (AvgIpc) is 3.04. The van der Waals surface area contributed by atoms with Crippen LogP contribution in [0.5, 0.6) is 0 Å². The predicted octanol–water partition coefficient (Wildman–Crippen LogP) is 2.90. The van der Waals surface area contributed by atoms with Gasteiger partial charge < -0.3 is 15.0 Å². The molecule has 0 saturated carbocycles. The number of esters is 1. The molecule has 0 bridgehead atoms. The van der Waals surface area contributed by atoms with E-state index in [9.17, 15) is 13.2 Å². The third kappa shape index (κ3) is 4.07. The van der Waals surface area contributed by atoms with Gasteiger partial charge in [-0.25, -0.2) is 22.5 Å². The molecule has 10 heteroatoms. The first-order valence-electron chi connectivity index (χ1n) is 8.79. The molecule has 3 rings (SSSR count). The van der Waals surface area contributed by atoms with Crippen molar-refractivity contribution >= 4 is 44.3 Å². The van der Waals surface area contributed by atoms with E-state index in [4.69, 9.17) is 22.1 Å². The van der Waals surface area contributed by atoms with Crippen molar-refractivity contribution in [2.75, 3.05) is 19.8 Å². The van der Waals surface area contributed by atoms with Gasteiger partial charge in [0.25, 0.3) is 0 Å². The quantitative estimate of drug-likeness (QED) is 0.470. The van der Waals surface area contributed by atoms with E-state index in [0.717, 1.165) is 9.82 Å². The lowest BCUT2D eigenvalue weighted by Crippen LogP contribution is -2.22. The monoisotopic (exact) mass is 436 g/mol. The number of carbonyl (C=O) groups is 1. The summed E-state index contributed by atoms with van der Waals surface area (Å²) < 4.78 is 33.1. The molecule has 1 heterocycles. The third-order valence-electron chi connectivity index (χ3n) is 4.46. The lowest BCUT2D eigenvalue weighted by atomic mass is 10.2. The lowest BCUT2D eigenvalue weighted by molar-refractivity contribution is 0.0459. The van der Waals surface area contributed by atoms with Gasteiger partial charge in [0.15, 0.2) is 0 Å². The number of carbonyl (C=O) groups excluding carboxylic acids is 1. The summed E-state index contributed by atoms with van der Waals surface area (Å²) in [7, 11) is -0.630. The number of hydrogen-bond donors (Lipinski definition) is 1. The zero-order valence-corrected chi connectivity index (χ0v) is 17.8. The van der Waals surface area contributed by atoms with Crippen molar-refractivity contribution in [3.8, 4) is 0 Å². The van der Waals surface area contributed by atoms with E-state index < -0.39 is 16.0 Å². The second kappa shape index (κ2) is 8.02. The standard InChI is InChI=1S/C19H21ClN4O4S/c1-4-24-17-8-6-13(29(26,27)23(2)3)10-16(17)22-18(24)11-28-19(25)12-5-7-14(20)15(21)9-12/h5-10H,4,11,21H2,1-3H3. The summed E-state index contributed by atoms with van der Waals surface area (Å²) in [5.74, 6) is -0.0452. The fourth-order valence-corrected chi connectivity index (χ4v) is 3.92. The first kappa shape index (κ1) is 21.1. The Hall–Kier alpha value is -2.62. The number of aryl methyl sites for hydroxylation is 1. The molecule has 2 aromatic carbocycles. The number of rotatable bonds is 6. The maximum Gasteiger partial charge on any atom is 0.338 e. The number of nitrogens with zero attached hydrogens (tertiary/aromatic N) is 3. The van der Waals surface area contributed by atoms with Crippen LogP contribution in [0.25, 0.3) is 11.0 Å². The Kier molecular flexibility index (Phi) is 5.83. The summed E-state index contributed by atoms with van der Waals surface area (Å²) in [6.45, 7) is 2.44. The number of nitrogen functional groups attached to an aromatic ring is 1. The van der Waals surface area contributed by atoms with E-state index in [1.165, 1.54) is 44.4 Å². The first-order chi connectivity index (χ1) is 13.6. The number of fused-ring (bicyclic) bond motifs is 1. The van der Waals surface area contributed by atoms with Crippen LogP contribution in [0.3, 0.4) is 0 Å². The van der Waals surface area contributed by atoms with Crippen LogP contribution in [0.2, 0.25) is 5.02 Å². The van der Waals surface area contributed by atoms with Gasteiger partial charge in [-0.2, -0.15) is 0 Å². The van der Waals surface area contributed by atoms with Gasteiger partial charge in [-0.3, -0.25) is 0 Å². The van der Waals surface area contributed by atoms with Crippen molar-refractivity contribution < 1.29 is 17.9 Å². The summed E-state index contributed by atoms with van der Waals surface area (Å²) in [5.41, 5.74) is 7.56. The van der Waals surface area contributed by atoms with Gasteiger partial charge in [0, 0.05) is 20.6 Å². The molecule has 154 valence electrons. The molecule has 0 radical (unpaired) electrons. The van der Waals surface area contributed by atoms with Crippen LogP contribution in [0, 0.1) is 0 Å². The number of sulfonamides is 1. The zero-order valence-electron chi connectivity index (χ0n) is 16.2. The van der Waals surface area contributed by atoms with E-state index in [1.807, 2.05) is 11.5 Å². The molecule has 0 unspecified atom stereocenters. The highest BCUT2D eigenvalue weighted by Gasteiger charge is 2.20. The topological polar surface area (TPSA) is 108 Å². The largest absolute Gasteiger partial charge is 0.454 e. The van der Waals surface area contributed by atoms with E-state index in [-0.39, 0.29) is 22.8 Å². The molecule has 0 fully saturated rings. The number of imidazole rings is 1. The maximum atomic E-state index is 12.4. The molecule has 8 nitrogen and oxygen atoms in total. The van der Waals surface area contributed by atoms with E-state index in [2.05, 4.69) is 4.98 Å². The Morgan fingerprint density at radius 2 is 1.97 bits per heavy atom. The molecule has 3 aromatic rings. The van der Waals surface area contributed by atoms with Gasteiger partial charge in [0.1, 0.15) is 12.4 Å². The average molecular weight is 437 g/mol. The predicted molar refractivity (Wildman–Crippen MR) is 111 cm³/mol. The number of nitrogens with two attached hydrogens (primary N) is 1. The number of hydrogen-bond acceptors (Lipinski definition) is 6. The number of ether oxygens (including phenoxy) is 1. The van der Waals surface area contributed by atoms with Gasteiger partial charge in [0.05, 0.1) is 32.2 Å². The molecule has 29 heavy (non-hydrogen) atoms. The summed E-state index contributed by atoms with van der Waals surface area (Å²) in [6, 6.07) is 9.27. The SMILES string of the molecule is CCn1c(COC(=O)c2ccc(Cl)c(N)c2)nc2cc(S(=O)(=O)N(C)C)ccc21.